The van der Waals surface area contributed by atoms with E-state index in [0.717, 1.165) is 37.5 Å². The highest BCUT2D eigenvalue weighted by molar-refractivity contribution is 6.32. The van der Waals surface area contributed by atoms with Gasteiger partial charge in [0.05, 0.1) is 5.02 Å². The van der Waals surface area contributed by atoms with Gasteiger partial charge in [0.2, 0.25) is 0 Å². The fourth-order valence-electron chi connectivity index (χ4n) is 3.46. The van der Waals surface area contributed by atoms with Crippen molar-refractivity contribution >= 4 is 17.6 Å². The van der Waals surface area contributed by atoms with Crippen LogP contribution in [0.4, 0.5) is 0 Å². The first-order valence-corrected chi connectivity index (χ1v) is 9.85. The van der Waals surface area contributed by atoms with Crippen molar-refractivity contribution < 1.29 is 9.47 Å². The van der Waals surface area contributed by atoms with Crippen LogP contribution in [-0.2, 0) is 6.54 Å². The van der Waals surface area contributed by atoms with Crippen LogP contribution in [0.2, 0.25) is 5.02 Å². The van der Waals surface area contributed by atoms with Crippen LogP contribution in [0.25, 0.3) is 0 Å². The van der Waals surface area contributed by atoms with Crippen molar-refractivity contribution in [3.05, 3.63) is 22.7 Å². The van der Waals surface area contributed by atoms with Gasteiger partial charge in [-0.1, -0.05) is 18.5 Å². The second kappa shape index (κ2) is 9.33. The van der Waals surface area contributed by atoms with Crippen molar-refractivity contribution in [1.29, 1.82) is 0 Å². The largest absolute Gasteiger partial charge is 0.486 e. The van der Waals surface area contributed by atoms with Gasteiger partial charge in [0, 0.05) is 32.7 Å². The van der Waals surface area contributed by atoms with Gasteiger partial charge in [0.25, 0.3) is 0 Å². The Kier molecular flexibility index (Phi) is 6.86. The van der Waals surface area contributed by atoms with Crippen LogP contribution in [0.3, 0.4) is 0 Å². The molecule has 2 N–H and O–H groups in total. The minimum atomic E-state index is 0.471. The van der Waals surface area contributed by atoms with E-state index in [1.165, 1.54) is 13.0 Å². The Bertz CT molecular complexity index is 630. The van der Waals surface area contributed by atoms with E-state index in [1.807, 2.05) is 12.1 Å². The van der Waals surface area contributed by atoms with Gasteiger partial charge < -0.3 is 25.0 Å². The molecular formula is C19H29ClN4O2. The summed E-state index contributed by atoms with van der Waals surface area (Å²) in [5, 5.41) is 7.50. The van der Waals surface area contributed by atoms with Gasteiger partial charge in [0.1, 0.15) is 13.2 Å². The average Bonchev–Trinajstić information content (AvgIpc) is 2.67. The van der Waals surface area contributed by atoms with E-state index in [4.69, 9.17) is 21.1 Å². The van der Waals surface area contributed by atoms with Gasteiger partial charge in [-0.05, 0) is 43.5 Å². The molecule has 0 aromatic heterocycles. The van der Waals surface area contributed by atoms with Crippen molar-refractivity contribution in [3.8, 4) is 11.5 Å². The van der Waals surface area contributed by atoms with Gasteiger partial charge >= 0.3 is 0 Å². The summed E-state index contributed by atoms with van der Waals surface area (Å²) in [6.45, 7) is 7.47. The third-order valence-electron chi connectivity index (χ3n) is 4.81. The summed E-state index contributed by atoms with van der Waals surface area (Å²) in [6.07, 6.45) is 3.52. The van der Waals surface area contributed by atoms with Crippen molar-refractivity contribution in [1.82, 2.24) is 15.5 Å². The van der Waals surface area contributed by atoms with Gasteiger partial charge in [-0.3, -0.25) is 4.99 Å². The number of hydrogen-bond acceptors (Lipinski definition) is 4. The van der Waals surface area contributed by atoms with Crippen molar-refractivity contribution in [2.45, 2.75) is 38.8 Å². The van der Waals surface area contributed by atoms with E-state index in [-0.39, 0.29) is 0 Å². The van der Waals surface area contributed by atoms with E-state index in [1.54, 1.807) is 7.05 Å². The number of ether oxygens (including phenoxy) is 2. The Morgan fingerprint density at radius 1 is 1.27 bits per heavy atom. The van der Waals surface area contributed by atoms with Crippen molar-refractivity contribution in [3.63, 3.8) is 0 Å². The number of hydrogen-bond donors (Lipinski definition) is 2. The van der Waals surface area contributed by atoms with Crippen LogP contribution < -0.4 is 20.1 Å². The Labute approximate surface area is 160 Å². The van der Waals surface area contributed by atoms with Crippen LogP contribution in [0.1, 0.15) is 31.7 Å². The number of rotatable bonds is 5. The van der Waals surface area contributed by atoms with Crippen LogP contribution in [0.5, 0.6) is 11.5 Å². The highest BCUT2D eigenvalue weighted by Gasteiger charge is 2.20. The fourth-order valence-corrected chi connectivity index (χ4v) is 3.75. The Morgan fingerprint density at radius 2 is 2.04 bits per heavy atom. The monoisotopic (exact) mass is 380 g/mol. The molecular weight excluding hydrogens is 352 g/mol. The number of likely N-dealkylation sites (tertiary alicyclic amines) is 1. The number of nitrogens with zero attached hydrogens (tertiary/aromatic N) is 2. The van der Waals surface area contributed by atoms with E-state index in [0.29, 0.717) is 42.3 Å². The van der Waals surface area contributed by atoms with Gasteiger partial charge in [-0.2, -0.15) is 0 Å². The quantitative estimate of drug-likeness (QED) is 0.607. The zero-order valence-electron chi connectivity index (χ0n) is 15.7. The van der Waals surface area contributed by atoms with E-state index in [2.05, 4.69) is 27.4 Å². The molecule has 1 aromatic rings. The normalized spacial score (nSPS) is 18.7. The molecule has 2 aliphatic heterocycles. The van der Waals surface area contributed by atoms with Gasteiger partial charge in [0.15, 0.2) is 17.5 Å². The molecule has 0 unspecified atom stereocenters. The zero-order chi connectivity index (χ0) is 18.4. The molecule has 1 aromatic carbocycles. The first kappa shape index (κ1) is 19.1. The summed E-state index contributed by atoms with van der Waals surface area (Å²) >= 11 is 6.31. The topological polar surface area (TPSA) is 58.1 Å². The number of aliphatic imine (C=N–C) groups is 1. The molecule has 3 rings (SSSR count). The van der Waals surface area contributed by atoms with Crippen LogP contribution >= 0.6 is 11.6 Å². The summed E-state index contributed by atoms with van der Waals surface area (Å²) < 4.78 is 11.2. The molecule has 1 saturated heterocycles. The number of nitrogens with one attached hydrogen (secondary N) is 2. The highest BCUT2D eigenvalue weighted by Crippen LogP contribution is 2.38. The second-order valence-electron chi connectivity index (χ2n) is 6.79. The maximum Gasteiger partial charge on any atom is 0.191 e. The maximum absolute atomic E-state index is 6.31. The van der Waals surface area contributed by atoms with E-state index in [9.17, 15) is 0 Å². The minimum absolute atomic E-state index is 0.471. The molecule has 2 heterocycles. The van der Waals surface area contributed by atoms with Gasteiger partial charge in [-0.25, -0.2) is 0 Å². The first-order valence-electron chi connectivity index (χ1n) is 9.47. The molecule has 2 aliphatic rings. The molecule has 0 radical (unpaired) electrons. The highest BCUT2D eigenvalue weighted by atomic mass is 35.5. The van der Waals surface area contributed by atoms with Gasteiger partial charge in [-0.15, -0.1) is 0 Å². The summed E-state index contributed by atoms with van der Waals surface area (Å²) in [5.41, 5.74) is 1.04. The third-order valence-corrected chi connectivity index (χ3v) is 5.09. The number of piperidine rings is 1. The molecule has 1 fully saturated rings. The van der Waals surface area contributed by atoms with Crippen LogP contribution in [0.15, 0.2) is 17.1 Å². The van der Waals surface area contributed by atoms with Crippen LogP contribution in [0, 0.1) is 0 Å². The SMILES string of the molecule is CCCN1CCC(NC(=NC)NCc2cc(Cl)c3c(c2)OCCO3)CC1. The minimum Gasteiger partial charge on any atom is -0.486 e. The third kappa shape index (κ3) is 4.95. The average molecular weight is 381 g/mol. The molecule has 6 nitrogen and oxygen atoms in total. The molecule has 0 atom stereocenters. The summed E-state index contributed by atoms with van der Waals surface area (Å²) in [4.78, 5) is 6.89. The Balaban J connectivity index is 1.51. The molecule has 0 amide bonds. The summed E-state index contributed by atoms with van der Waals surface area (Å²) in [6, 6.07) is 4.36. The predicted molar refractivity (Wildman–Crippen MR) is 106 cm³/mol. The lowest BCUT2D eigenvalue weighted by Crippen LogP contribution is -2.48. The molecule has 0 saturated carbocycles. The lowest BCUT2D eigenvalue weighted by Gasteiger charge is -2.32. The Hall–Kier alpha value is -1.66. The lowest BCUT2D eigenvalue weighted by molar-refractivity contribution is 0.171. The smallest absolute Gasteiger partial charge is 0.191 e. The first-order chi connectivity index (χ1) is 12.7. The number of halogens is 1. The van der Waals surface area contributed by atoms with Crippen molar-refractivity contribution in [2.24, 2.45) is 4.99 Å². The zero-order valence-corrected chi connectivity index (χ0v) is 16.4. The summed E-state index contributed by atoms with van der Waals surface area (Å²) in [5.74, 6) is 2.18. The standard InChI is InChI=1S/C19H29ClN4O2/c1-3-6-24-7-4-15(5-8-24)23-19(21-2)22-13-14-11-16(20)18-17(12-14)25-9-10-26-18/h11-12,15H,3-10,13H2,1-2H3,(H2,21,22,23). The second-order valence-corrected chi connectivity index (χ2v) is 7.20. The molecule has 0 bridgehead atoms. The molecule has 144 valence electrons. The number of fused-ring (bicyclic) bond motifs is 1. The summed E-state index contributed by atoms with van der Waals surface area (Å²) in [7, 11) is 1.80. The maximum atomic E-state index is 6.31. The molecule has 0 spiro atoms. The van der Waals surface area contributed by atoms with Crippen molar-refractivity contribution in [2.75, 3.05) is 39.9 Å². The molecule has 0 aliphatic carbocycles. The fraction of sp³-hybridized carbons (Fsp3) is 0.632. The molecule has 7 heteroatoms. The lowest BCUT2D eigenvalue weighted by atomic mass is 10.1. The number of guanidine groups is 1. The van der Waals surface area contributed by atoms with Crippen LogP contribution in [-0.4, -0.2) is 56.8 Å². The number of benzene rings is 1. The molecule has 26 heavy (non-hydrogen) atoms. The van der Waals surface area contributed by atoms with E-state index < -0.39 is 0 Å². The Morgan fingerprint density at radius 3 is 2.77 bits per heavy atom. The predicted octanol–water partition coefficient (Wildman–Crippen LogP) is 2.65. The van der Waals surface area contributed by atoms with E-state index >= 15 is 0 Å².